The van der Waals surface area contributed by atoms with Gasteiger partial charge >= 0.3 is 6.03 Å². The van der Waals surface area contributed by atoms with Crippen LogP contribution in [0.4, 0.5) is 9.80 Å². The first-order valence-corrected chi connectivity index (χ1v) is 10.1. The van der Waals surface area contributed by atoms with Crippen LogP contribution in [-0.2, 0) is 5.75 Å². The maximum atomic E-state index is 12.0. The average Bonchev–Trinajstić information content (AvgIpc) is 2.95. The average molecular weight is 393 g/mol. The number of aromatic nitrogens is 1. The van der Waals surface area contributed by atoms with Crippen molar-refractivity contribution in [1.29, 1.82) is 0 Å². The second kappa shape index (κ2) is 9.05. The fourth-order valence-electron chi connectivity index (χ4n) is 2.27. The normalized spacial score (nSPS) is 10.8. The molecule has 0 atom stereocenters. The summed E-state index contributed by atoms with van der Waals surface area (Å²) in [5.41, 5.74) is 9.37. The third kappa shape index (κ3) is 5.47. The number of carbonyl (C=O) groups excluding carboxylic acids is 2. The van der Waals surface area contributed by atoms with Crippen LogP contribution in [0.3, 0.4) is 0 Å². The Labute approximate surface area is 162 Å². The summed E-state index contributed by atoms with van der Waals surface area (Å²) in [5.74, 6) is 0.414. The number of thioether (sulfide) groups is 1. The molecule has 8 heteroatoms. The Morgan fingerprint density at radius 2 is 2.04 bits per heavy atom. The van der Waals surface area contributed by atoms with Gasteiger partial charge in [0.1, 0.15) is 15.6 Å². The second-order valence-corrected chi connectivity index (χ2v) is 8.24. The highest BCUT2D eigenvalue weighted by atomic mass is 32.2. The number of rotatable bonds is 7. The van der Waals surface area contributed by atoms with E-state index in [9.17, 15) is 9.59 Å². The van der Waals surface area contributed by atoms with Crippen molar-refractivity contribution >= 4 is 40.2 Å². The standard InChI is InChI=1S/C18H24N4O2S2/c1-10(2)8-20-18(24)21-16-14(15(19)23)17(22-26-16)25-9-13-6-5-11(3)7-12(13)4/h5-7,10H,8-9H2,1-4H3,(H2,19,23)(H2,20,21,24). The number of carbonyl (C=O) groups is 2. The first kappa shape index (κ1) is 20.3. The van der Waals surface area contributed by atoms with Crippen LogP contribution in [0.25, 0.3) is 0 Å². The van der Waals surface area contributed by atoms with Crippen LogP contribution >= 0.6 is 23.3 Å². The molecule has 2 rings (SSSR count). The quantitative estimate of drug-likeness (QED) is 0.622. The molecule has 1 aromatic heterocycles. The molecule has 140 valence electrons. The monoisotopic (exact) mass is 392 g/mol. The largest absolute Gasteiger partial charge is 0.365 e. The van der Waals surface area contributed by atoms with Crippen molar-refractivity contribution in [3.8, 4) is 0 Å². The summed E-state index contributed by atoms with van der Waals surface area (Å²) >= 11 is 2.51. The van der Waals surface area contributed by atoms with Gasteiger partial charge < -0.3 is 11.1 Å². The fourth-order valence-corrected chi connectivity index (χ4v) is 4.32. The molecule has 0 aliphatic carbocycles. The lowest BCUT2D eigenvalue weighted by Gasteiger charge is -2.09. The van der Waals surface area contributed by atoms with Crippen molar-refractivity contribution in [3.63, 3.8) is 0 Å². The Kier molecular flexibility index (Phi) is 7.05. The molecule has 0 saturated heterocycles. The molecule has 0 aliphatic rings. The van der Waals surface area contributed by atoms with E-state index in [0.29, 0.717) is 28.2 Å². The van der Waals surface area contributed by atoms with E-state index in [1.54, 1.807) is 0 Å². The number of amides is 3. The third-order valence-corrected chi connectivity index (χ3v) is 5.57. The Morgan fingerprint density at radius 1 is 1.31 bits per heavy atom. The summed E-state index contributed by atoms with van der Waals surface area (Å²) in [6.45, 7) is 8.67. The van der Waals surface area contributed by atoms with E-state index in [4.69, 9.17) is 5.73 Å². The van der Waals surface area contributed by atoms with E-state index < -0.39 is 5.91 Å². The predicted octanol–water partition coefficient (Wildman–Crippen LogP) is 3.93. The summed E-state index contributed by atoms with van der Waals surface area (Å²) in [6.07, 6.45) is 0. The van der Waals surface area contributed by atoms with E-state index in [2.05, 4.69) is 47.1 Å². The summed E-state index contributed by atoms with van der Waals surface area (Å²) in [6, 6.07) is 5.89. The maximum absolute atomic E-state index is 12.0. The van der Waals surface area contributed by atoms with Crippen LogP contribution in [-0.4, -0.2) is 22.9 Å². The first-order valence-electron chi connectivity index (χ1n) is 8.31. The molecule has 0 unspecified atom stereocenters. The van der Waals surface area contributed by atoms with Gasteiger partial charge in [-0.05, 0) is 42.4 Å². The van der Waals surface area contributed by atoms with Crippen molar-refractivity contribution in [2.45, 2.75) is 38.5 Å². The second-order valence-electron chi connectivity index (χ2n) is 6.50. The van der Waals surface area contributed by atoms with Gasteiger partial charge in [0.25, 0.3) is 5.91 Å². The number of nitrogens with one attached hydrogen (secondary N) is 2. The molecule has 0 saturated carbocycles. The number of primary amides is 1. The number of hydrogen-bond acceptors (Lipinski definition) is 5. The van der Waals surface area contributed by atoms with Gasteiger partial charge in [-0.2, -0.15) is 4.37 Å². The Morgan fingerprint density at radius 3 is 2.65 bits per heavy atom. The van der Waals surface area contributed by atoms with Gasteiger partial charge in [0, 0.05) is 12.3 Å². The Bertz CT molecular complexity index is 802. The fraction of sp³-hybridized carbons (Fsp3) is 0.389. The van der Waals surface area contributed by atoms with Crippen LogP contribution in [0.2, 0.25) is 0 Å². The zero-order valence-electron chi connectivity index (χ0n) is 15.4. The van der Waals surface area contributed by atoms with Gasteiger partial charge in [-0.1, -0.05) is 49.4 Å². The lowest BCUT2D eigenvalue weighted by atomic mass is 10.1. The van der Waals surface area contributed by atoms with Crippen LogP contribution < -0.4 is 16.4 Å². The summed E-state index contributed by atoms with van der Waals surface area (Å²) < 4.78 is 4.31. The molecule has 6 nitrogen and oxygen atoms in total. The molecule has 26 heavy (non-hydrogen) atoms. The molecule has 3 amide bonds. The minimum absolute atomic E-state index is 0.268. The van der Waals surface area contributed by atoms with Gasteiger partial charge in [-0.3, -0.25) is 10.1 Å². The van der Waals surface area contributed by atoms with E-state index in [0.717, 1.165) is 11.5 Å². The van der Waals surface area contributed by atoms with Crippen molar-refractivity contribution < 1.29 is 9.59 Å². The van der Waals surface area contributed by atoms with E-state index in [1.165, 1.54) is 28.5 Å². The summed E-state index contributed by atoms with van der Waals surface area (Å²) in [7, 11) is 0. The highest BCUT2D eigenvalue weighted by molar-refractivity contribution is 7.98. The van der Waals surface area contributed by atoms with Crippen LogP contribution in [0.1, 0.15) is 40.9 Å². The van der Waals surface area contributed by atoms with Gasteiger partial charge in [0.15, 0.2) is 0 Å². The third-order valence-electron chi connectivity index (χ3n) is 3.67. The van der Waals surface area contributed by atoms with Gasteiger partial charge in [-0.25, -0.2) is 4.79 Å². The number of benzene rings is 1. The molecule has 4 N–H and O–H groups in total. The van der Waals surface area contributed by atoms with Gasteiger partial charge in [-0.15, -0.1) is 0 Å². The van der Waals surface area contributed by atoms with Crippen LogP contribution in [0.15, 0.2) is 23.2 Å². The molecule has 0 spiro atoms. The summed E-state index contributed by atoms with van der Waals surface area (Å²) in [4.78, 5) is 23.8. The number of hydrogen-bond donors (Lipinski definition) is 3. The highest BCUT2D eigenvalue weighted by Crippen LogP contribution is 2.33. The van der Waals surface area contributed by atoms with E-state index in [1.807, 2.05) is 13.8 Å². The maximum Gasteiger partial charge on any atom is 0.319 e. The van der Waals surface area contributed by atoms with Crippen molar-refractivity contribution in [3.05, 3.63) is 40.5 Å². The molecule has 0 fully saturated rings. The molecular formula is C18H24N4O2S2. The van der Waals surface area contributed by atoms with Crippen molar-refractivity contribution in [2.75, 3.05) is 11.9 Å². The molecule has 0 aliphatic heterocycles. The van der Waals surface area contributed by atoms with Crippen molar-refractivity contribution in [1.82, 2.24) is 9.69 Å². The van der Waals surface area contributed by atoms with Gasteiger partial charge in [0.2, 0.25) is 0 Å². The molecule has 0 bridgehead atoms. The van der Waals surface area contributed by atoms with Crippen LogP contribution in [0, 0.1) is 19.8 Å². The molecular weight excluding hydrogens is 368 g/mol. The molecule has 2 aromatic rings. The zero-order chi connectivity index (χ0) is 19.3. The first-order chi connectivity index (χ1) is 12.3. The lowest BCUT2D eigenvalue weighted by molar-refractivity contribution is 0.0998. The van der Waals surface area contributed by atoms with Crippen molar-refractivity contribution in [2.24, 2.45) is 11.7 Å². The van der Waals surface area contributed by atoms with E-state index in [-0.39, 0.29) is 11.6 Å². The number of aryl methyl sites for hydroxylation is 2. The molecule has 1 heterocycles. The van der Waals surface area contributed by atoms with Gasteiger partial charge in [0.05, 0.1) is 0 Å². The Balaban J connectivity index is 2.10. The molecule has 0 radical (unpaired) electrons. The zero-order valence-corrected chi connectivity index (χ0v) is 17.0. The minimum Gasteiger partial charge on any atom is -0.365 e. The number of nitrogens with two attached hydrogens (primary N) is 1. The number of anilines is 1. The smallest absolute Gasteiger partial charge is 0.319 e. The number of urea groups is 1. The SMILES string of the molecule is Cc1ccc(CSc2nsc(NC(=O)NCC(C)C)c2C(N)=O)c(C)c1. The predicted molar refractivity (Wildman–Crippen MR) is 108 cm³/mol. The number of nitrogens with zero attached hydrogens (tertiary/aromatic N) is 1. The van der Waals surface area contributed by atoms with Crippen LogP contribution in [0.5, 0.6) is 0 Å². The lowest BCUT2D eigenvalue weighted by Crippen LogP contribution is -2.32. The summed E-state index contributed by atoms with van der Waals surface area (Å²) in [5, 5.41) is 6.34. The highest BCUT2D eigenvalue weighted by Gasteiger charge is 2.21. The molecule has 1 aromatic carbocycles. The Hall–Kier alpha value is -2.06. The minimum atomic E-state index is -0.596. The van der Waals surface area contributed by atoms with E-state index >= 15 is 0 Å². The topological polar surface area (TPSA) is 97.1 Å².